The third-order valence-corrected chi connectivity index (χ3v) is 4.03. The van der Waals surface area contributed by atoms with Crippen LogP contribution in [-0.2, 0) is 13.1 Å². The van der Waals surface area contributed by atoms with Gasteiger partial charge in [-0.3, -0.25) is 13.9 Å². The molecule has 0 bridgehead atoms. The Labute approximate surface area is 125 Å². The summed E-state index contributed by atoms with van der Waals surface area (Å²) in [5, 5.41) is 9.12. The molecule has 0 radical (unpaired) electrons. The summed E-state index contributed by atoms with van der Waals surface area (Å²) in [5.74, 6) is 0.780. The first-order chi connectivity index (χ1) is 10.1. The summed E-state index contributed by atoms with van der Waals surface area (Å²) in [6, 6.07) is 0. The van der Waals surface area contributed by atoms with E-state index in [4.69, 9.17) is 16.7 Å². The molecule has 2 heterocycles. The van der Waals surface area contributed by atoms with Gasteiger partial charge in [-0.1, -0.05) is 12.8 Å². The van der Waals surface area contributed by atoms with E-state index in [2.05, 4.69) is 9.97 Å². The van der Waals surface area contributed by atoms with E-state index >= 15 is 0 Å². The number of aryl methyl sites for hydroxylation is 1. The fourth-order valence-corrected chi connectivity index (χ4v) is 2.76. The Morgan fingerprint density at radius 2 is 2.05 bits per heavy atom. The molecular weight excluding hydrogens is 296 g/mol. The van der Waals surface area contributed by atoms with Crippen molar-refractivity contribution in [3.05, 3.63) is 26.1 Å². The smallest absolute Gasteiger partial charge is 0.332 e. The number of halogens is 1. The first-order valence-corrected chi connectivity index (χ1v) is 7.49. The van der Waals surface area contributed by atoms with Gasteiger partial charge in [0.2, 0.25) is 5.28 Å². The minimum absolute atomic E-state index is 0.0349. The van der Waals surface area contributed by atoms with Crippen LogP contribution in [0, 0.1) is 5.92 Å². The van der Waals surface area contributed by atoms with Gasteiger partial charge in [-0.05, 0) is 30.4 Å². The average Bonchev–Trinajstić information content (AvgIpc) is 3.19. The number of aromatic nitrogens is 4. The number of aliphatic hydroxyl groups is 1. The lowest BCUT2D eigenvalue weighted by Gasteiger charge is -2.10. The van der Waals surface area contributed by atoms with Gasteiger partial charge >= 0.3 is 5.69 Å². The van der Waals surface area contributed by atoms with Crippen LogP contribution in [-0.4, -0.2) is 30.8 Å². The third kappa shape index (κ3) is 2.75. The van der Waals surface area contributed by atoms with Crippen molar-refractivity contribution in [2.45, 2.75) is 38.8 Å². The molecule has 2 aromatic rings. The average molecular weight is 313 g/mol. The molecule has 8 heteroatoms. The van der Waals surface area contributed by atoms with Crippen LogP contribution in [0.5, 0.6) is 0 Å². The zero-order chi connectivity index (χ0) is 15.0. The normalized spacial score (nSPS) is 15.0. The lowest BCUT2D eigenvalue weighted by atomic mass is 10.2. The van der Waals surface area contributed by atoms with Crippen molar-refractivity contribution >= 4 is 22.8 Å². The predicted octanol–water partition coefficient (Wildman–Crippen LogP) is 0.722. The van der Waals surface area contributed by atoms with Crippen LogP contribution in [0.15, 0.2) is 9.59 Å². The number of imidazole rings is 1. The van der Waals surface area contributed by atoms with E-state index in [1.807, 2.05) is 0 Å². The molecule has 0 spiro atoms. The second kappa shape index (κ2) is 5.65. The zero-order valence-electron chi connectivity index (χ0n) is 11.5. The Bertz CT molecular complexity index is 772. The summed E-state index contributed by atoms with van der Waals surface area (Å²) in [5.41, 5.74) is -0.443. The number of nitrogens with one attached hydrogen (secondary N) is 1. The van der Waals surface area contributed by atoms with Crippen molar-refractivity contribution < 1.29 is 5.11 Å². The number of H-pyrrole nitrogens is 1. The Kier molecular flexibility index (Phi) is 3.86. The van der Waals surface area contributed by atoms with Crippen molar-refractivity contribution in [1.29, 1.82) is 0 Å². The van der Waals surface area contributed by atoms with Crippen LogP contribution in [0.3, 0.4) is 0 Å². The fourth-order valence-electron chi connectivity index (χ4n) is 2.58. The summed E-state index contributed by atoms with van der Waals surface area (Å²) in [6.45, 7) is 0.191. The maximum Gasteiger partial charge on any atom is 0.332 e. The predicted molar refractivity (Wildman–Crippen MR) is 78.7 cm³/mol. The van der Waals surface area contributed by atoms with Gasteiger partial charge in [0.15, 0.2) is 11.2 Å². The first-order valence-electron chi connectivity index (χ1n) is 7.11. The van der Waals surface area contributed by atoms with Crippen molar-refractivity contribution in [3.63, 3.8) is 0 Å². The SMILES string of the molecule is O=c1c2[nH]c(Cl)nc2n(CCCC2CC2)c(=O)n1CCO. The molecule has 0 amide bonds. The zero-order valence-corrected chi connectivity index (χ0v) is 12.3. The molecule has 0 aliphatic heterocycles. The van der Waals surface area contributed by atoms with Gasteiger partial charge in [-0.25, -0.2) is 4.79 Å². The highest BCUT2D eigenvalue weighted by atomic mass is 35.5. The number of hydrogen-bond acceptors (Lipinski definition) is 4. The van der Waals surface area contributed by atoms with Crippen LogP contribution in [0.25, 0.3) is 11.2 Å². The highest BCUT2D eigenvalue weighted by molar-refractivity contribution is 6.28. The molecular formula is C13H17ClN4O3. The first kappa shape index (κ1) is 14.3. The van der Waals surface area contributed by atoms with Gasteiger partial charge in [0, 0.05) is 6.54 Å². The topological polar surface area (TPSA) is 92.9 Å². The van der Waals surface area contributed by atoms with Gasteiger partial charge in [0.1, 0.15) is 0 Å². The molecule has 3 rings (SSSR count). The lowest BCUT2D eigenvalue weighted by Crippen LogP contribution is -2.41. The maximum atomic E-state index is 12.4. The van der Waals surface area contributed by atoms with Crippen molar-refractivity contribution in [3.8, 4) is 0 Å². The molecule has 114 valence electrons. The molecule has 7 nitrogen and oxygen atoms in total. The van der Waals surface area contributed by atoms with Crippen molar-refractivity contribution in [2.24, 2.45) is 5.92 Å². The van der Waals surface area contributed by atoms with E-state index in [1.54, 1.807) is 0 Å². The molecule has 0 unspecified atom stereocenters. The second-order valence-corrected chi connectivity index (χ2v) is 5.78. The van der Waals surface area contributed by atoms with E-state index in [0.29, 0.717) is 12.2 Å². The number of rotatable bonds is 6. The van der Waals surface area contributed by atoms with Crippen molar-refractivity contribution in [1.82, 2.24) is 19.1 Å². The van der Waals surface area contributed by atoms with Gasteiger partial charge < -0.3 is 10.1 Å². The summed E-state index contributed by atoms with van der Waals surface area (Å²) >= 11 is 5.82. The van der Waals surface area contributed by atoms with Gasteiger partial charge in [0.25, 0.3) is 5.56 Å². The molecule has 0 atom stereocenters. The molecule has 2 aromatic heterocycles. The summed E-state index contributed by atoms with van der Waals surface area (Å²) in [4.78, 5) is 31.3. The van der Waals surface area contributed by atoms with Crippen LogP contribution in [0.4, 0.5) is 0 Å². The summed E-state index contributed by atoms with van der Waals surface area (Å²) in [6.07, 6.45) is 4.47. The molecule has 2 N–H and O–H groups in total. The van der Waals surface area contributed by atoms with Gasteiger partial charge in [-0.2, -0.15) is 4.98 Å². The molecule has 1 aliphatic rings. The van der Waals surface area contributed by atoms with Crippen LogP contribution in [0.2, 0.25) is 5.28 Å². The van der Waals surface area contributed by atoms with E-state index in [9.17, 15) is 9.59 Å². The number of nitrogens with zero attached hydrogens (tertiary/aromatic N) is 3. The van der Waals surface area contributed by atoms with Crippen LogP contribution >= 0.6 is 11.6 Å². The quantitative estimate of drug-likeness (QED) is 0.769. The fraction of sp³-hybridized carbons (Fsp3) is 0.615. The summed E-state index contributed by atoms with van der Waals surface area (Å²) < 4.78 is 2.49. The largest absolute Gasteiger partial charge is 0.395 e. The Hall–Kier alpha value is -1.60. The number of aliphatic hydroxyl groups excluding tert-OH is 1. The van der Waals surface area contributed by atoms with E-state index in [1.165, 1.54) is 17.4 Å². The van der Waals surface area contributed by atoms with E-state index < -0.39 is 11.2 Å². The van der Waals surface area contributed by atoms with Gasteiger partial charge in [0.05, 0.1) is 13.2 Å². The van der Waals surface area contributed by atoms with Crippen LogP contribution < -0.4 is 11.2 Å². The second-order valence-electron chi connectivity index (χ2n) is 5.43. The minimum atomic E-state index is -0.498. The summed E-state index contributed by atoms with van der Waals surface area (Å²) in [7, 11) is 0. The Morgan fingerprint density at radius 1 is 1.29 bits per heavy atom. The molecule has 21 heavy (non-hydrogen) atoms. The highest BCUT2D eigenvalue weighted by Gasteiger charge is 2.21. The highest BCUT2D eigenvalue weighted by Crippen LogP contribution is 2.33. The molecule has 1 aliphatic carbocycles. The minimum Gasteiger partial charge on any atom is -0.395 e. The number of fused-ring (bicyclic) bond motifs is 1. The third-order valence-electron chi connectivity index (χ3n) is 3.85. The molecule has 1 saturated carbocycles. The van der Waals surface area contributed by atoms with E-state index in [-0.39, 0.29) is 24.0 Å². The van der Waals surface area contributed by atoms with Crippen molar-refractivity contribution in [2.75, 3.05) is 6.61 Å². The molecule has 0 saturated heterocycles. The Balaban J connectivity index is 2.05. The monoisotopic (exact) mass is 312 g/mol. The standard InChI is InChI=1S/C13H17ClN4O3/c14-12-15-9-10(16-12)17(5-1-2-8-3-4-8)13(21)18(6-7-19)11(9)20/h8,19H,1-7H2,(H,15,16). The van der Waals surface area contributed by atoms with Crippen LogP contribution in [0.1, 0.15) is 25.7 Å². The lowest BCUT2D eigenvalue weighted by molar-refractivity contribution is 0.270. The number of aromatic amines is 1. The number of hydrogen-bond donors (Lipinski definition) is 2. The molecule has 1 fully saturated rings. The van der Waals surface area contributed by atoms with Gasteiger partial charge in [-0.15, -0.1) is 0 Å². The maximum absolute atomic E-state index is 12.4. The Morgan fingerprint density at radius 3 is 2.71 bits per heavy atom. The van der Waals surface area contributed by atoms with E-state index in [0.717, 1.165) is 23.3 Å². The molecule has 0 aromatic carbocycles.